The van der Waals surface area contributed by atoms with Crippen molar-refractivity contribution in [2.75, 3.05) is 7.11 Å². The van der Waals surface area contributed by atoms with E-state index >= 15 is 0 Å². The van der Waals surface area contributed by atoms with Crippen molar-refractivity contribution in [3.63, 3.8) is 0 Å². The van der Waals surface area contributed by atoms with Gasteiger partial charge in [-0.3, -0.25) is 25.2 Å². The molecule has 0 spiro atoms. The lowest BCUT2D eigenvalue weighted by atomic mass is 10.2. The second-order valence-corrected chi connectivity index (χ2v) is 4.91. The predicted molar refractivity (Wildman–Crippen MR) is 84.5 cm³/mol. The first-order valence-electron chi connectivity index (χ1n) is 6.35. The number of hydrogen-bond acceptors (Lipinski definition) is 7. The van der Waals surface area contributed by atoms with Crippen molar-refractivity contribution in [3.05, 3.63) is 61.1 Å². The number of aliphatic imine (C=N–C) groups is 1. The Bertz CT molecular complexity index is 853. The Balaban J connectivity index is 2.50. The van der Waals surface area contributed by atoms with Crippen LogP contribution in [0.5, 0.6) is 11.5 Å². The van der Waals surface area contributed by atoms with E-state index in [1.807, 2.05) is 0 Å². The molecule has 0 saturated carbocycles. The van der Waals surface area contributed by atoms with Crippen LogP contribution in [0.3, 0.4) is 0 Å². The second-order valence-electron chi connectivity index (χ2n) is 4.47. The maximum absolute atomic E-state index is 12.0. The van der Waals surface area contributed by atoms with Crippen LogP contribution in [0.25, 0.3) is 0 Å². The molecule has 0 aliphatic carbocycles. The maximum atomic E-state index is 12.0. The molecule has 9 nitrogen and oxygen atoms in total. The first kappa shape index (κ1) is 17.2. The Morgan fingerprint density at radius 3 is 2.46 bits per heavy atom. The molecule has 0 amide bonds. The van der Waals surface area contributed by atoms with E-state index in [1.165, 1.54) is 25.3 Å². The molecule has 2 aromatic rings. The topological polar surface area (TPSA) is 131 Å². The molecule has 0 aliphatic rings. The molecule has 124 valence electrons. The molecule has 0 unspecified atom stereocenters. The van der Waals surface area contributed by atoms with Crippen LogP contribution in [0.1, 0.15) is 5.56 Å². The lowest BCUT2D eigenvalue weighted by Gasteiger charge is -2.11. The van der Waals surface area contributed by atoms with Crippen LogP contribution in [-0.2, 0) is 0 Å². The lowest BCUT2D eigenvalue weighted by molar-refractivity contribution is -0.398. The van der Waals surface area contributed by atoms with E-state index in [2.05, 4.69) is 4.99 Å². The molecular weight excluding hydrogens is 342 g/mol. The van der Waals surface area contributed by atoms with Gasteiger partial charge in [0.15, 0.2) is 0 Å². The molecular formula is C14H9ClN3O6-. The molecule has 24 heavy (non-hydrogen) atoms. The van der Waals surface area contributed by atoms with Crippen molar-refractivity contribution in [2.45, 2.75) is 0 Å². The third-order valence-corrected chi connectivity index (χ3v) is 3.19. The standard InChI is InChI=1S/C14H10ClN3O6/c1-24-13-3-2-10(17(20)21)6-11(13)16-7-8-4-9(15)5-12(14(8)19)18(22)23/h2-7,19H,1H3/p-1. The van der Waals surface area contributed by atoms with Crippen molar-refractivity contribution < 1.29 is 19.7 Å². The molecule has 0 bridgehead atoms. The zero-order valence-electron chi connectivity index (χ0n) is 12.1. The van der Waals surface area contributed by atoms with Crippen LogP contribution >= 0.6 is 11.6 Å². The first-order valence-corrected chi connectivity index (χ1v) is 6.72. The van der Waals surface area contributed by atoms with Gasteiger partial charge in [-0.15, -0.1) is 0 Å². The summed E-state index contributed by atoms with van der Waals surface area (Å²) in [6.07, 6.45) is 1.04. The molecule has 0 heterocycles. The summed E-state index contributed by atoms with van der Waals surface area (Å²) in [4.78, 5) is 24.1. The van der Waals surface area contributed by atoms with Gasteiger partial charge in [-0.25, -0.2) is 0 Å². The Hall–Kier alpha value is -3.20. The fraction of sp³-hybridized carbons (Fsp3) is 0.0714. The third kappa shape index (κ3) is 3.58. The number of non-ortho nitro benzene ring substituents is 1. The van der Waals surface area contributed by atoms with Crippen molar-refractivity contribution in [2.24, 2.45) is 4.99 Å². The number of nitrogens with zero attached hydrogens (tertiary/aromatic N) is 3. The van der Waals surface area contributed by atoms with Crippen molar-refractivity contribution in [1.82, 2.24) is 0 Å². The Morgan fingerprint density at radius 1 is 1.17 bits per heavy atom. The zero-order valence-corrected chi connectivity index (χ0v) is 12.9. The van der Waals surface area contributed by atoms with Crippen LogP contribution in [-0.4, -0.2) is 23.2 Å². The minimum absolute atomic E-state index is 0.00578. The van der Waals surface area contributed by atoms with Gasteiger partial charge in [0.05, 0.1) is 17.0 Å². The summed E-state index contributed by atoms with van der Waals surface area (Å²) in [5.41, 5.74) is -0.936. The van der Waals surface area contributed by atoms with Crippen LogP contribution in [0, 0.1) is 20.2 Å². The van der Waals surface area contributed by atoms with E-state index < -0.39 is 21.3 Å². The van der Waals surface area contributed by atoms with E-state index in [0.29, 0.717) is 0 Å². The summed E-state index contributed by atoms with van der Waals surface area (Å²) in [6.45, 7) is 0. The minimum atomic E-state index is -0.863. The molecule has 0 saturated heterocycles. The summed E-state index contributed by atoms with van der Waals surface area (Å²) in [5, 5.41) is 33.6. The number of nitro benzene ring substituents is 2. The van der Waals surface area contributed by atoms with Crippen molar-refractivity contribution in [1.29, 1.82) is 0 Å². The van der Waals surface area contributed by atoms with Crippen molar-refractivity contribution in [3.8, 4) is 11.5 Å². The first-order chi connectivity index (χ1) is 11.3. The van der Waals surface area contributed by atoms with E-state index in [4.69, 9.17) is 16.3 Å². The lowest BCUT2D eigenvalue weighted by Crippen LogP contribution is -2.02. The number of rotatable bonds is 5. The highest BCUT2D eigenvalue weighted by Gasteiger charge is 2.13. The number of nitro groups is 2. The van der Waals surface area contributed by atoms with E-state index in [-0.39, 0.29) is 27.7 Å². The fourth-order valence-electron chi connectivity index (χ4n) is 1.86. The quantitative estimate of drug-likeness (QED) is 0.462. The molecule has 0 fully saturated rings. The van der Waals surface area contributed by atoms with Crippen LogP contribution in [0.15, 0.2) is 35.3 Å². The molecule has 2 rings (SSSR count). The molecule has 0 aromatic heterocycles. The largest absolute Gasteiger partial charge is 0.867 e. The van der Waals surface area contributed by atoms with Gasteiger partial charge in [-0.1, -0.05) is 11.6 Å². The normalized spacial score (nSPS) is 10.8. The Morgan fingerprint density at radius 2 is 1.88 bits per heavy atom. The molecule has 0 atom stereocenters. The van der Waals surface area contributed by atoms with E-state index in [9.17, 15) is 25.3 Å². The maximum Gasteiger partial charge on any atom is 0.271 e. The molecule has 0 N–H and O–H groups in total. The van der Waals surface area contributed by atoms with Gasteiger partial charge in [0.1, 0.15) is 11.4 Å². The average Bonchev–Trinajstić information content (AvgIpc) is 2.54. The van der Waals surface area contributed by atoms with Crippen molar-refractivity contribution >= 4 is 34.9 Å². The van der Waals surface area contributed by atoms with Gasteiger partial charge in [0.2, 0.25) is 0 Å². The van der Waals surface area contributed by atoms with Gasteiger partial charge in [0.25, 0.3) is 11.4 Å². The fourth-order valence-corrected chi connectivity index (χ4v) is 2.08. The number of halogens is 1. The highest BCUT2D eigenvalue weighted by molar-refractivity contribution is 6.31. The van der Waals surface area contributed by atoms with Crippen LogP contribution in [0.4, 0.5) is 17.1 Å². The monoisotopic (exact) mass is 350 g/mol. The number of benzene rings is 2. The average molecular weight is 351 g/mol. The zero-order chi connectivity index (χ0) is 17.9. The molecule has 10 heteroatoms. The van der Waals surface area contributed by atoms with Crippen LogP contribution in [0.2, 0.25) is 5.02 Å². The number of hydrogen-bond donors (Lipinski definition) is 0. The van der Waals surface area contributed by atoms with Gasteiger partial charge < -0.3 is 9.84 Å². The van der Waals surface area contributed by atoms with Gasteiger partial charge >= 0.3 is 0 Å². The summed E-state index contributed by atoms with van der Waals surface area (Å²) >= 11 is 5.75. The molecule has 0 radical (unpaired) electrons. The van der Waals surface area contributed by atoms with Gasteiger partial charge in [0, 0.05) is 29.4 Å². The number of ether oxygens (including phenoxy) is 1. The molecule has 2 aromatic carbocycles. The SMILES string of the molecule is COc1ccc([N+](=O)[O-])cc1N=Cc1cc(Cl)cc([N+](=O)[O-])c1[O-]. The predicted octanol–water partition coefficient (Wildman–Crippen LogP) is 2.99. The van der Waals surface area contributed by atoms with E-state index in [1.54, 1.807) is 0 Å². The smallest absolute Gasteiger partial charge is 0.271 e. The van der Waals surface area contributed by atoms with E-state index in [0.717, 1.165) is 18.3 Å². The number of methoxy groups -OCH3 is 1. The summed E-state index contributed by atoms with van der Waals surface area (Å²) < 4.78 is 5.04. The van der Waals surface area contributed by atoms with Crippen LogP contribution < -0.4 is 9.84 Å². The highest BCUT2D eigenvalue weighted by Crippen LogP contribution is 2.33. The summed E-state index contributed by atoms with van der Waals surface area (Å²) in [6, 6.07) is 5.89. The summed E-state index contributed by atoms with van der Waals surface area (Å²) in [7, 11) is 1.35. The third-order valence-electron chi connectivity index (χ3n) is 2.98. The summed E-state index contributed by atoms with van der Waals surface area (Å²) in [5.74, 6) is -0.627. The van der Waals surface area contributed by atoms with Gasteiger partial charge in [-0.2, -0.15) is 0 Å². The Labute approximate surface area is 140 Å². The second kappa shape index (κ2) is 6.92. The highest BCUT2D eigenvalue weighted by atomic mass is 35.5. The van der Waals surface area contributed by atoms with Gasteiger partial charge in [-0.05, 0) is 23.4 Å². The molecule has 0 aliphatic heterocycles. The minimum Gasteiger partial charge on any atom is -0.867 e. The Kier molecular flexibility index (Phi) is 4.95.